The highest BCUT2D eigenvalue weighted by atomic mass is 127. The van der Waals surface area contributed by atoms with Crippen LogP contribution in [0.25, 0.3) is 5.69 Å². The van der Waals surface area contributed by atoms with Crippen LogP contribution in [-0.2, 0) is 0 Å². The second-order valence-electron chi connectivity index (χ2n) is 5.89. The number of aromatic amines is 1. The number of nitrogens with zero attached hydrogens (tertiary/aromatic N) is 3. The molecule has 29 heavy (non-hydrogen) atoms. The summed E-state index contributed by atoms with van der Waals surface area (Å²) in [6.45, 7) is 3.77. The standard InChI is InChI=1S/C10H10FN3.C6H5FIN.C4H6N2/c1-7-13-4-5-14(7)8-2-3-10(12)9(11)6-8;7-5-3-4(8)1-2-6(5)9;1-4-5-2-3-6-4/h2-6H,12H2,1H3;1-3H,9H2;2-3H,1H3,(H,5,6). The highest BCUT2D eigenvalue weighted by molar-refractivity contribution is 14.1. The van der Waals surface area contributed by atoms with E-state index >= 15 is 0 Å². The van der Waals surface area contributed by atoms with Gasteiger partial charge in [-0.3, -0.25) is 0 Å². The molecule has 0 fully saturated rings. The second kappa shape index (κ2) is 10.6. The Morgan fingerprint density at radius 1 is 0.931 bits per heavy atom. The molecule has 0 amide bonds. The lowest BCUT2D eigenvalue weighted by Gasteiger charge is -2.05. The number of anilines is 2. The van der Waals surface area contributed by atoms with Gasteiger partial charge in [0.2, 0.25) is 0 Å². The Labute approximate surface area is 181 Å². The number of hydrogen-bond acceptors (Lipinski definition) is 4. The second-order valence-corrected chi connectivity index (χ2v) is 7.14. The topological polar surface area (TPSA) is 98.5 Å². The Morgan fingerprint density at radius 2 is 1.59 bits per heavy atom. The number of aromatic nitrogens is 4. The summed E-state index contributed by atoms with van der Waals surface area (Å²) in [5, 5.41) is 0. The molecule has 0 aliphatic heterocycles. The number of H-pyrrole nitrogens is 1. The Balaban J connectivity index is 0.000000171. The summed E-state index contributed by atoms with van der Waals surface area (Å²) in [6, 6.07) is 9.41. The zero-order valence-corrected chi connectivity index (χ0v) is 18.1. The molecule has 4 rings (SSSR count). The quantitative estimate of drug-likeness (QED) is 0.257. The molecule has 0 aliphatic rings. The molecule has 2 aromatic heterocycles. The molecule has 6 nitrogen and oxygen atoms in total. The van der Waals surface area contributed by atoms with E-state index in [1.54, 1.807) is 53.6 Å². The van der Waals surface area contributed by atoms with Crippen LogP contribution in [0, 0.1) is 29.1 Å². The molecular formula is C20H21F2IN6. The first-order chi connectivity index (χ1) is 13.8. The first-order valence-electron chi connectivity index (χ1n) is 8.49. The number of aryl methyl sites for hydroxylation is 2. The van der Waals surface area contributed by atoms with Crippen LogP contribution in [0.15, 0.2) is 61.2 Å². The summed E-state index contributed by atoms with van der Waals surface area (Å²) in [5.41, 5.74) is 11.7. The molecule has 0 bridgehead atoms. The lowest BCUT2D eigenvalue weighted by Crippen LogP contribution is -1.98. The van der Waals surface area contributed by atoms with E-state index in [4.69, 9.17) is 11.5 Å². The van der Waals surface area contributed by atoms with Crippen LogP contribution in [0.2, 0.25) is 0 Å². The van der Waals surface area contributed by atoms with Gasteiger partial charge < -0.3 is 21.0 Å². The zero-order valence-electron chi connectivity index (χ0n) is 15.9. The molecule has 0 radical (unpaired) electrons. The van der Waals surface area contributed by atoms with Crippen LogP contribution < -0.4 is 11.5 Å². The molecule has 0 saturated carbocycles. The summed E-state index contributed by atoms with van der Waals surface area (Å²) >= 11 is 2.03. The molecule has 0 atom stereocenters. The lowest BCUT2D eigenvalue weighted by atomic mass is 10.2. The van der Waals surface area contributed by atoms with Crippen molar-refractivity contribution in [3.05, 3.63) is 88.0 Å². The third kappa shape index (κ3) is 6.86. The summed E-state index contributed by atoms with van der Waals surface area (Å²) < 4.78 is 28.2. The third-order valence-electron chi connectivity index (χ3n) is 3.69. The normalized spacial score (nSPS) is 9.83. The van der Waals surface area contributed by atoms with E-state index in [0.717, 1.165) is 20.9 Å². The average molecular weight is 510 g/mol. The van der Waals surface area contributed by atoms with Gasteiger partial charge in [-0.25, -0.2) is 18.7 Å². The first-order valence-corrected chi connectivity index (χ1v) is 9.57. The number of hydrogen-bond donors (Lipinski definition) is 3. The molecule has 0 unspecified atom stereocenters. The SMILES string of the molecule is Cc1ncc[nH]1.Cc1nccn1-c1ccc(N)c(F)c1.Nc1ccc(I)cc1F. The van der Waals surface area contributed by atoms with E-state index in [1.807, 2.05) is 36.4 Å². The molecule has 4 aromatic rings. The summed E-state index contributed by atoms with van der Waals surface area (Å²) in [7, 11) is 0. The fourth-order valence-corrected chi connectivity index (χ4v) is 2.62. The van der Waals surface area contributed by atoms with E-state index in [-0.39, 0.29) is 17.2 Å². The van der Waals surface area contributed by atoms with Crippen molar-refractivity contribution in [3.63, 3.8) is 0 Å². The van der Waals surface area contributed by atoms with Gasteiger partial charge in [-0.15, -0.1) is 0 Å². The Hall–Kier alpha value is -2.95. The molecule has 0 aliphatic carbocycles. The van der Waals surface area contributed by atoms with Gasteiger partial charge in [0.1, 0.15) is 23.3 Å². The van der Waals surface area contributed by atoms with Crippen LogP contribution >= 0.6 is 22.6 Å². The largest absolute Gasteiger partial charge is 0.396 e. The van der Waals surface area contributed by atoms with Crippen molar-refractivity contribution in [3.8, 4) is 5.69 Å². The van der Waals surface area contributed by atoms with Crippen molar-refractivity contribution in [2.24, 2.45) is 0 Å². The van der Waals surface area contributed by atoms with Crippen molar-refractivity contribution in [2.75, 3.05) is 11.5 Å². The Kier molecular flexibility index (Phi) is 8.13. The van der Waals surface area contributed by atoms with Crippen LogP contribution in [0.3, 0.4) is 0 Å². The smallest absolute Gasteiger partial charge is 0.148 e. The predicted octanol–water partition coefficient (Wildman–Crippen LogP) is 4.63. The fraction of sp³-hybridized carbons (Fsp3) is 0.100. The van der Waals surface area contributed by atoms with Gasteiger partial charge in [0.25, 0.3) is 0 Å². The Morgan fingerprint density at radius 3 is 2.00 bits per heavy atom. The number of nitrogen functional groups attached to an aromatic ring is 2. The van der Waals surface area contributed by atoms with Gasteiger partial charge in [0.15, 0.2) is 0 Å². The van der Waals surface area contributed by atoms with E-state index in [1.165, 1.54) is 12.1 Å². The van der Waals surface area contributed by atoms with Gasteiger partial charge in [0.05, 0.1) is 11.4 Å². The Bertz CT molecular complexity index is 1050. The minimum atomic E-state index is -0.407. The number of imidazole rings is 2. The summed E-state index contributed by atoms with van der Waals surface area (Å²) in [6.07, 6.45) is 6.98. The molecule has 9 heteroatoms. The van der Waals surface area contributed by atoms with Crippen molar-refractivity contribution in [2.45, 2.75) is 13.8 Å². The maximum atomic E-state index is 13.1. The predicted molar refractivity (Wildman–Crippen MR) is 120 cm³/mol. The van der Waals surface area contributed by atoms with Crippen LogP contribution in [-0.4, -0.2) is 19.5 Å². The number of nitrogens with two attached hydrogens (primary N) is 2. The highest BCUT2D eigenvalue weighted by Crippen LogP contribution is 2.16. The average Bonchev–Trinajstić information content (AvgIpc) is 3.33. The van der Waals surface area contributed by atoms with Gasteiger partial charge in [-0.05, 0) is 66.8 Å². The maximum absolute atomic E-state index is 13.1. The third-order valence-corrected chi connectivity index (χ3v) is 4.36. The van der Waals surface area contributed by atoms with Crippen molar-refractivity contribution in [1.29, 1.82) is 0 Å². The maximum Gasteiger partial charge on any atom is 0.148 e. The number of halogens is 3. The van der Waals surface area contributed by atoms with Crippen molar-refractivity contribution in [1.82, 2.24) is 19.5 Å². The van der Waals surface area contributed by atoms with Gasteiger partial charge in [0, 0.05) is 40.1 Å². The summed E-state index contributed by atoms with van der Waals surface area (Å²) in [4.78, 5) is 10.8. The number of nitrogens with one attached hydrogen (secondary N) is 1. The molecular weight excluding hydrogens is 489 g/mol. The van der Waals surface area contributed by atoms with Gasteiger partial charge >= 0.3 is 0 Å². The molecule has 2 aromatic carbocycles. The number of benzene rings is 2. The molecule has 5 N–H and O–H groups in total. The van der Waals surface area contributed by atoms with Crippen molar-refractivity contribution < 1.29 is 8.78 Å². The number of rotatable bonds is 1. The summed E-state index contributed by atoms with van der Waals surface area (Å²) in [5.74, 6) is 1.03. The molecule has 0 spiro atoms. The van der Waals surface area contributed by atoms with E-state index in [0.29, 0.717) is 0 Å². The van der Waals surface area contributed by atoms with Crippen molar-refractivity contribution >= 4 is 34.0 Å². The fourth-order valence-electron chi connectivity index (χ4n) is 2.16. The van der Waals surface area contributed by atoms with E-state index < -0.39 is 5.82 Å². The molecule has 0 saturated heterocycles. The van der Waals surface area contributed by atoms with Gasteiger partial charge in [-0.1, -0.05) is 0 Å². The minimum Gasteiger partial charge on any atom is -0.396 e. The minimum absolute atomic E-state index is 0.159. The monoisotopic (exact) mass is 510 g/mol. The molecule has 152 valence electrons. The molecule has 2 heterocycles. The van der Waals surface area contributed by atoms with Gasteiger partial charge in [-0.2, -0.15) is 0 Å². The van der Waals surface area contributed by atoms with Crippen LogP contribution in [0.4, 0.5) is 20.2 Å². The lowest BCUT2D eigenvalue weighted by molar-refractivity contribution is 0.631. The first kappa shape index (κ1) is 22.3. The zero-order chi connectivity index (χ0) is 21.4. The highest BCUT2D eigenvalue weighted by Gasteiger charge is 2.03. The van der Waals surface area contributed by atoms with Crippen LogP contribution in [0.5, 0.6) is 0 Å². The van der Waals surface area contributed by atoms with Crippen LogP contribution in [0.1, 0.15) is 11.6 Å². The van der Waals surface area contributed by atoms with E-state index in [9.17, 15) is 8.78 Å². The van der Waals surface area contributed by atoms with E-state index in [2.05, 4.69) is 15.0 Å².